The number of nitrogens with one attached hydrogen (secondary N) is 1. The highest BCUT2D eigenvalue weighted by Gasteiger charge is 2.28. The predicted molar refractivity (Wildman–Crippen MR) is 133 cm³/mol. The third-order valence-corrected chi connectivity index (χ3v) is 6.39. The molecule has 0 atom stereocenters. The summed E-state index contributed by atoms with van der Waals surface area (Å²) in [6.07, 6.45) is 1.35. The minimum atomic E-state index is -4.52. The van der Waals surface area contributed by atoms with Crippen molar-refractivity contribution in [3.05, 3.63) is 106 Å². The number of carbonyl (C=O) groups is 1. The Hall–Kier alpha value is -4.77. The van der Waals surface area contributed by atoms with Crippen molar-refractivity contribution in [1.82, 2.24) is 5.43 Å². The van der Waals surface area contributed by atoms with Crippen LogP contribution in [0, 0.1) is 10.1 Å². The van der Waals surface area contributed by atoms with Gasteiger partial charge in [0.05, 0.1) is 18.2 Å². The molecule has 0 saturated heterocycles. The van der Waals surface area contributed by atoms with E-state index in [1.807, 2.05) is 30.3 Å². The van der Waals surface area contributed by atoms with E-state index in [9.17, 15) is 23.3 Å². The van der Waals surface area contributed by atoms with Gasteiger partial charge in [0.1, 0.15) is 0 Å². The second-order valence-corrected chi connectivity index (χ2v) is 8.95. The molecule has 0 aromatic heterocycles. The number of nitro benzene ring substituents is 1. The highest BCUT2D eigenvalue weighted by atomic mass is 32.2. The quantitative estimate of drug-likeness (QED) is 0.163. The summed E-state index contributed by atoms with van der Waals surface area (Å²) in [6.45, 7) is 0. The summed E-state index contributed by atoms with van der Waals surface area (Å²) in [6, 6.07) is 22.0. The van der Waals surface area contributed by atoms with Crippen LogP contribution in [-0.4, -0.2) is 32.6 Å². The Morgan fingerprint density at radius 2 is 1.67 bits per heavy atom. The first-order valence-electron chi connectivity index (χ1n) is 10.5. The lowest BCUT2D eigenvalue weighted by Gasteiger charge is -2.11. The normalized spacial score (nSPS) is 11.4. The molecule has 4 rings (SSSR count). The van der Waals surface area contributed by atoms with E-state index in [0.29, 0.717) is 11.1 Å². The molecule has 0 radical (unpaired) electrons. The first kappa shape index (κ1) is 24.4. The van der Waals surface area contributed by atoms with E-state index in [4.69, 9.17) is 8.92 Å². The molecule has 0 aliphatic heterocycles. The first-order valence-corrected chi connectivity index (χ1v) is 11.9. The Bertz CT molecular complexity index is 1600. The monoisotopic (exact) mass is 505 g/mol. The van der Waals surface area contributed by atoms with Crippen molar-refractivity contribution >= 4 is 38.7 Å². The zero-order valence-corrected chi connectivity index (χ0v) is 19.6. The van der Waals surface area contributed by atoms with Crippen LogP contribution < -0.4 is 14.3 Å². The van der Waals surface area contributed by atoms with Crippen LogP contribution in [-0.2, 0) is 10.1 Å². The summed E-state index contributed by atoms with van der Waals surface area (Å²) in [7, 11) is -3.21. The number of benzene rings is 4. The molecule has 10 nitrogen and oxygen atoms in total. The number of hydrogen-bond donors (Lipinski definition) is 1. The Kier molecular flexibility index (Phi) is 6.93. The van der Waals surface area contributed by atoms with Crippen molar-refractivity contribution in [3.8, 4) is 11.5 Å². The van der Waals surface area contributed by atoms with Crippen molar-refractivity contribution in [2.45, 2.75) is 4.90 Å². The van der Waals surface area contributed by atoms with Gasteiger partial charge in [0.2, 0.25) is 0 Å². The zero-order chi connectivity index (χ0) is 25.7. The molecule has 4 aromatic rings. The van der Waals surface area contributed by atoms with Crippen LogP contribution in [0.3, 0.4) is 0 Å². The van der Waals surface area contributed by atoms with Crippen molar-refractivity contribution in [1.29, 1.82) is 0 Å². The van der Waals surface area contributed by atoms with Crippen molar-refractivity contribution < 1.29 is 27.1 Å². The number of hydrazone groups is 1. The van der Waals surface area contributed by atoms with E-state index in [1.54, 1.807) is 12.1 Å². The lowest BCUT2D eigenvalue weighted by atomic mass is 10.1. The van der Waals surface area contributed by atoms with Gasteiger partial charge in [0.15, 0.2) is 16.4 Å². The van der Waals surface area contributed by atoms with E-state index in [2.05, 4.69) is 10.5 Å². The summed E-state index contributed by atoms with van der Waals surface area (Å²) in [5.41, 5.74) is 2.74. The molecule has 0 aliphatic rings. The summed E-state index contributed by atoms with van der Waals surface area (Å²) in [5, 5.41) is 17.1. The summed E-state index contributed by atoms with van der Waals surface area (Å²) < 4.78 is 35.7. The van der Waals surface area contributed by atoms with Crippen LogP contribution >= 0.6 is 0 Å². The minimum Gasteiger partial charge on any atom is -0.493 e. The zero-order valence-electron chi connectivity index (χ0n) is 18.8. The van der Waals surface area contributed by atoms with Crippen molar-refractivity contribution in [2.24, 2.45) is 5.10 Å². The number of carbonyl (C=O) groups excluding carboxylic acids is 1. The molecule has 0 bridgehead atoms. The largest absolute Gasteiger partial charge is 0.493 e. The standard InChI is InChI=1S/C25H19N3O7S/c1-34-23-14-17(16-26-27-25(29)20-12-11-18-6-2-3-7-19(18)15-20)10-13-22(23)35-36(32,33)24-9-5-4-8-21(24)28(30)31/h2-16H,1H3,(H,27,29)/b26-16-. The van der Waals surface area contributed by atoms with Crippen LogP contribution in [0.4, 0.5) is 5.69 Å². The van der Waals surface area contributed by atoms with Crippen LogP contribution in [0.15, 0.2) is 94.9 Å². The first-order chi connectivity index (χ1) is 17.3. The van der Waals surface area contributed by atoms with E-state index in [1.165, 1.54) is 43.7 Å². The molecule has 4 aromatic carbocycles. The van der Waals surface area contributed by atoms with Gasteiger partial charge in [-0.2, -0.15) is 13.5 Å². The van der Waals surface area contributed by atoms with Gasteiger partial charge in [-0.1, -0.05) is 42.5 Å². The lowest BCUT2D eigenvalue weighted by Crippen LogP contribution is -2.17. The Morgan fingerprint density at radius 3 is 2.42 bits per heavy atom. The van der Waals surface area contributed by atoms with Gasteiger partial charge in [0.25, 0.3) is 11.6 Å². The number of para-hydroxylation sites is 1. The molecule has 182 valence electrons. The average molecular weight is 506 g/mol. The molecule has 11 heteroatoms. The minimum absolute atomic E-state index is 0.0435. The van der Waals surface area contributed by atoms with Crippen LogP contribution in [0.25, 0.3) is 10.8 Å². The number of methoxy groups -OCH3 is 1. The molecule has 0 spiro atoms. The van der Waals surface area contributed by atoms with Crippen molar-refractivity contribution in [3.63, 3.8) is 0 Å². The second kappa shape index (κ2) is 10.2. The molecule has 0 fully saturated rings. The molecule has 0 unspecified atom stereocenters. The van der Waals surface area contributed by atoms with E-state index in [-0.39, 0.29) is 11.5 Å². The predicted octanol–water partition coefficient (Wildman–Crippen LogP) is 4.29. The Balaban J connectivity index is 1.49. The van der Waals surface area contributed by atoms with E-state index < -0.39 is 31.5 Å². The van der Waals surface area contributed by atoms with Gasteiger partial charge in [-0.05, 0) is 52.7 Å². The topological polar surface area (TPSA) is 137 Å². The number of ether oxygens (including phenoxy) is 1. The van der Waals surface area contributed by atoms with Crippen molar-refractivity contribution in [2.75, 3.05) is 7.11 Å². The molecular formula is C25H19N3O7S. The molecule has 36 heavy (non-hydrogen) atoms. The Labute approximate surface area is 206 Å². The number of nitro groups is 1. The van der Waals surface area contributed by atoms with E-state index >= 15 is 0 Å². The van der Waals surface area contributed by atoms with Gasteiger partial charge in [-0.15, -0.1) is 0 Å². The van der Waals surface area contributed by atoms with Gasteiger partial charge >= 0.3 is 10.1 Å². The van der Waals surface area contributed by atoms with Gasteiger partial charge < -0.3 is 8.92 Å². The molecule has 0 aliphatic carbocycles. The van der Waals surface area contributed by atoms with Crippen LogP contribution in [0.1, 0.15) is 15.9 Å². The maximum Gasteiger partial charge on any atom is 0.346 e. The number of rotatable bonds is 8. The maximum absolute atomic E-state index is 12.7. The number of nitrogens with zero attached hydrogens (tertiary/aromatic N) is 2. The van der Waals surface area contributed by atoms with Crippen LogP contribution in [0.2, 0.25) is 0 Å². The Morgan fingerprint density at radius 1 is 0.944 bits per heavy atom. The fraction of sp³-hybridized carbons (Fsp3) is 0.0400. The number of fused-ring (bicyclic) bond motifs is 1. The van der Waals surface area contributed by atoms with Gasteiger partial charge in [0, 0.05) is 11.6 Å². The molecule has 1 N–H and O–H groups in total. The maximum atomic E-state index is 12.7. The van der Waals surface area contributed by atoms with E-state index in [0.717, 1.165) is 22.9 Å². The highest BCUT2D eigenvalue weighted by Crippen LogP contribution is 2.32. The number of hydrogen-bond acceptors (Lipinski definition) is 8. The smallest absolute Gasteiger partial charge is 0.346 e. The molecule has 0 heterocycles. The van der Waals surface area contributed by atoms with Gasteiger partial charge in [-0.25, -0.2) is 5.43 Å². The second-order valence-electron chi connectivity index (χ2n) is 7.43. The molecular weight excluding hydrogens is 486 g/mol. The summed E-state index contributed by atoms with van der Waals surface area (Å²) in [4.78, 5) is 22.2. The SMILES string of the molecule is COc1cc(/C=N\NC(=O)c2ccc3ccccc3c2)ccc1OS(=O)(=O)c1ccccc1[N+](=O)[O-]. The summed E-state index contributed by atoms with van der Waals surface area (Å²) in [5.74, 6) is -0.533. The highest BCUT2D eigenvalue weighted by molar-refractivity contribution is 7.87. The van der Waals surface area contributed by atoms with Gasteiger partial charge in [-0.3, -0.25) is 14.9 Å². The molecule has 1 amide bonds. The third kappa shape index (κ3) is 5.31. The fourth-order valence-electron chi connectivity index (χ4n) is 3.38. The summed E-state index contributed by atoms with van der Waals surface area (Å²) >= 11 is 0. The van der Waals surface area contributed by atoms with Crippen LogP contribution in [0.5, 0.6) is 11.5 Å². The fourth-order valence-corrected chi connectivity index (χ4v) is 4.48. The molecule has 0 saturated carbocycles. The lowest BCUT2D eigenvalue weighted by molar-refractivity contribution is -0.387. The average Bonchev–Trinajstić information content (AvgIpc) is 2.88. The number of amides is 1. The third-order valence-electron chi connectivity index (χ3n) is 5.11.